The third kappa shape index (κ3) is 4.04. The molecule has 5 rings (SSSR count). The summed E-state index contributed by atoms with van der Waals surface area (Å²) in [5, 5.41) is 13.8. The lowest BCUT2D eigenvalue weighted by Crippen LogP contribution is -2.00. The Kier molecular flexibility index (Phi) is 5.51. The minimum absolute atomic E-state index is 0.485. The number of rotatable bonds is 6. The molecule has 32 heavy (non-hydrogen) atoms. The van der Waals surface area contributed by atoms with Gasteiger partial charge in [0, 0.05) is 29.2 Å². The number of hydrogen-bond acceptors (Lipinski definition) is 7. The molecule has 0 unspecified atom stereocenters. The summed E-state index contributed by atoms with van der Waals surface area (Å²) >= 11 is 1.50. The molecule has 0 bridgehead atoms. The predicted molar refractivity (Wildman–Crippen MR) is 123 cm³/mol. The lowest BCUT2D eigenvalue weighted by molar-refractivity contribution is 0.391. The first kappa shape index (κ1) is 20.1. The molecule has 0 spiro atoms. The highest BCUT2D eigenvalue weighted by Crippen LogP contribution is 2.30. The number of hydrogen-bond donors (Lipinski definition) is 0. The SMILES string of the molecule is Cc1ccc(-n2c(SCc3nc(-c4ccccc4C)no3)nnc2-c2ccncc2)cc1. The van der Waals surface area contributed by atoms with Crippen LogP contribution in [0.15, 0.2) is 82.7 Å². The van der Waals surface area contributed by atoms with Gasteiger partial charge in [0.1, 0.15) is 0 Å². The molecule has 3 aromatic heterocycles. The summed E-state index contributed by atoms with van der Waals surface area (Å²) in [6.07, 6.45) is 3.50. The van der Waals surface area contributed by atoms with Gasteiger partial charge in [0.25, 0.3) is 0 Å². The van der Waals surface area contributed by atoms with Gasteiger partial charge in [0.2, 0.25) is 11.7 Å². The molecule has 158 valence electrons. The zero-order valence-corrected chi connectivity index (χ0v) is 18.5. The average Bonchev–Trinajstić information content (AvgIpc) is 3.46. The molecule has 8 heteroatoms. The largest absolute Gasteiger partial charge is 0.338 e. The molecule has 0 N–H and O–H groups in total. The Labute approximate surface area is 189 Å². The van der Waals surface area contributed by atoms with Gasteiger partial charge in [-0.15, -0.1) is 10.2 Å². The second-order valence-corrected chi connectivity index (χ2v) is 8.27. The van der Waals surface area contributed by atoms with Gasteiger partial charge in [-0.05, 0) is 43.7 Å². The second-order valence-electron chi connectivity index (χ2n) is 7.33. The number of thioether (sulfide) groups is 1. The Morgan fingerprint density at radius 1 is 0.906 bits per heavy atom. The molecular formula is C24H20N6OS. The van der Waals surface area contributed by atoms with Gasteiger partial charge in [-0.25, -0.2) is 0 Å². The third-order valence-corrected chi connectivity index (χ3v) is 5.96. The van der Waals surface area contributed by atoms with Crippen LogP contribution in [0.5, 0.6) is 0 Å². The molecule has 0 amide bonds. The monoisotopic (exact) mass is 440 g/mol. The molecule has 0 saturated heterocycles. The van der Waals surface area contributed by atoms with Gasteiger partial charge in [0.05, 0.1) is 5.75 Å². The highest BCUT2D eigenvalue weighted by atomic mass is 32.2. The number of pyridine rings is 1. The van der Waals surface area contributed by atoms with Crippen LogP contribution in [0.1, 0.15) is 17.0 Å². The Bertz CT molecular complexity index is 1340. The van der Waals surface area contributed by atoms with E-state index in [1.807, 2.05) is 47.9 Å². The number of nitrogens with zero attached hydrogens (tertiary/aromatic N) is 6. The van der Waals surface area contributed by atoms with Gasteiger partial charge in [0.15, 0.2) is 11.0 Å². The minimum atomic E-state index is 0.485. The maximum Gasteiger partial charge on any atom is 0.237 e. The van der Waals surface area contributed by atoms with Crippen LogP contribution >= 0.6 is 11.8 Å². The molecule has 2 aromatic carbocycles. The summed E-state index contributed by atoms with van der Waals surface area (Å²) in [6.45, 7) is 4.10. The first-order chi connectivity index (χ1) is 15.7. The van der Waals surface area contributed by atoms with Crippen molar-refractivity contribution < 1.29 is 4.52 Å². The zero-order chi connectivity index (χ0) is 21.9. The van der Waals surface area contributed by atoms with Crippen LogP contribution in [-0.2, 0) is 5.75 Å². The Morgan fingerprint density at radius 2 is 1.69 bits per heavy atom. The maximum absolute atomic E-state index is 5.50. The fraction of sp³-hybridized carbons (Fsp3) is 0.125. The average molecular weight is 441 g/mol. The van der Waals surface area contributed by atoms with E-state index in [1.54, 1.807) is 12.4 Å². The first-order valence-electron chi connectivity index (χ1n) is 10.1. The Balaban J connectivity index is 1.45. The van der Waals surface area contributed by atoms with Gasteiger partial charge in [-0.3, -0.25) is 9.55 Å². The van der Waals surface area contributed by atoms with E-state index in [1.165, 1.54) is 17.3 Å². The van der Waals surface area contributed by atoms with Crippen molar-refractivity contribution in [3.63, 3.8) is 0 Å². The predicted octanol–water partition coefficient (Wildman–Crippen LogP) is 5.29. The minimum Gasteiger partial charge on any atom is -0.338 e. The van der Waals surface area contributed by atoms with Gasteiger partial charge < -0.3 is 4.52 Å². The van der Waals surface area contributed by atoms with Crippen LogP contribution in [0.4, 0.5) is 0 Å². The zero-order valence-electron chi connectivity index (χ0n) is 17.6. The first-order valence-corrected chi connectivity index (χ1v) is 11.1. The topological polar surface area (TPSA) is 82.5 Å². The molecule has 3 heterocycles. The summed E-state index contributed by atoms with van der Waals surface area (Å²) in [5.74, 6) is 2.37. The van der Waals surface area contributed by atoms with Crippen molar-refractivity contribution >= 4 is 11.8 Å². The Morgan fingerprint density at radius 3 is 2.47 bits per heavy atom. The fourth-order valence-electron chi connectivity index (χ4n) is 3.35. The van der Waals surface area contributed by atoms with Crippen molar-refractivity contribution in [3.8, 4) is 28.5 Å². The Hall–Kier alpha value is -3.78. The quantitative estimate of drug-likeness (QED) is 0.332. The van der Waals surface area contributed by atoms with Crippen LogP contribution in [0.25, 0.3) is 28.5 Å². The van der Waals surface area contributed by atoms with Crippen molar-refractivity contribution in [2.45, 2.75) is 24.8 Å². The van der Waals surface area contributed by atoms with E-state index in [0.717, 1.165) is 33.4 Å². The highest BCUT2D eigenvalue weighted by molar-refractivity contribution is 7.98. The third-order valence-electron chi connectivity index (χ3n) is 5.04. The van der Waals surface area contributed by atoms with Crippen molar-refractivity contribution in [1.29, 1.82) is 0 Å². The lowest BCUT2D eigenvalue weighted by atomic mass is 10.1. The van der Waals surface area contributed by atoms with Gasteiger partial charge in [-0.2, -0.15) is 4.98 Å². The van der Waals surface area contributed by atoms with Gasteiger partial charge >= 0.3 is 0 Å². The van der Waals surface area contributed by atoms with Crippen molar-refractivity contribution in [3.05, 3.63) is 90.1 Å². The van der Waals surface area contributed by atoms with E-state index >= 15 is 0 Å². The number of aromatic nitrogens is 6. The summed E-state index contributed by atoms with van der Waals surface area (Å²) in [6, 6.07) is 20.1. The van der Waals surface area contributed by atoms with E-state index in [-0.39, 0.29) is 0 Å². The van der Waals surface area contributed by atoms with Crippen molar-refractivity contribution in [1.82, 2.24) is 29.9 Å². The van der Waals surface area contributed by atoms with Crippen LogP contribution in [0, 0.1) is 13.8 Å². The molecule has 7 nitrogen and oxygen atoms in total. The standard InChI is InChI=1S/C24H20N6OS/c1-16-7-9-19(10-8-16)30-23(18-11-13-25-14-12-18)27-28-24(30)32-15-21-26-22(29-31-21)20-6-4-3-5-17(20)2/h3-14H,15H2,1-2H3. The molecular weight excluding hydrogens is 420 g/mol. The van der Waals surface area contributed by atoms with Crippen molar-refractivity contribution in [2.24, 2.45) is 0 Å². The van der Waals surface area contributed by atoms with Crippen LogP contribution in [-0.4, -0.2) is 29.9 Å². The van der Waals surface area contributed by atoms with E-state index in [0.29, 0.717) is 17.5 Å². The summed E-state index contributed by atoms with van der Waals surface area (Å²) < 4.78 is 7.54. The molecule has 0 atom stereocenters. The smallest absolute Gasteiger partial charge is 0.237 e. The molecule has 0 aliphatic carbocycles. The van der Waals surface area contributed by atoms with Crippen LogP contribution < -0.4 is 0 Å². The highest BCUT2D eigenvalue weighted by Gasteiger charge is 2.18. The molecule has 0 aliphatic rings. The summed E-state index contributed by atoms with van der Waals surface area (Å²) in [5.41, 5.74) is 5.19. The summed E-state index contributed by atoms with van der Waals surface area (Å²) in [7, 11) is 0. The number of benzene rings is 2. The van der Waals surface area contributed by atoms with Crippen LogP contribution in [0.3, 0.4) is 0 Å². The molecule has 0 fully saturated rings. The number of aryl methyl sites for hydroxylation is 2. The van der Waals surface area contributed by atoms with Crippen molar-refractivity contribution in [2.75, 3.05) is 0 Å². The fourth-order valence-corrected chi connectivity index (χ4v) is 4.14. The van der Waals surface area contributed by atoms with E-state index in [9.17, 15) is 0 Å². The molecule has 0 aliphatic heterocycles. The van der Waals surface area contributed by atoms with E-state index < -0.39 is 0 Å². The molecule has 0 saturated carbocycles. The van der Waals surface area contributed by atoms with E-state index in [4.69, 9.17) is 4.52 Å². The van der Waals surface area contributed by atoms with Crippen LogP contribution in [0.2, 0.25) is 0 Å². The normalized spacial score (nSPS) is 11.1. The summed E-state index contributed by atoms with van der Waals surface area (Å²) in [4.78, 5) is 8.68. The molecule has 0 radical (unpaired) electrons. The lowest BCUT2D eigenvalue weighted by Gasteiger charge is -2.10. The molecule has 5 aromatic rings. The van der Waals surface area contributed by atoms with Gasteiger partial charge in [-0.1, -0.05) is 58.9 Å². The maximum atomic E-state index is 5.50. The van der Waals surface area contributed by atoms with E-state index in [2.05, 4.69) is 56.5 Å². The second kappa shape index (κ2) is 8.76.